The summed E-state index contributed by atoms with van der Waals surface area (Å²) in [6, 6.07) is 0. The van der Waals surface area contributed by atoms with Crippen LogP contribution in [0.15, 0.2) is 0 Å². The maximum atomic E-state index is 11.5. The predicted octanol–water partition coefficient (Wildman–Crippen LogP) is 0.700. The molecule has 3 heterocycles. The molecule has 0 radical (unpaired) electrons. The third-order valence-electron chi connectivity index (χ3n) is 4.47. The summed E-state index contributed by atoms with van der Waals surface area (Å²) < 4.78 is 28.9. The van der Waals surface area contributed by atoms with Gasteiger partial charge in [0.1, 0.15) is 0 Å². The van der Waals surface area contributed by atoms with Gasteiger partial charge in [-0.25, -0.2) is 8.42 Å². The molecule has 6 atom stereocenters. The molecule has 0 amide bonds. The fourth-order valence-electron chi connectivity index (χ4n) is 3.59. The molecule has 0 spiro atoms. The van der Waals surface area contributed by atoms with Crippen molar-refractivity contribution >= 4 is 9.84 Å². The lowest BCUT2D eigenvalue weighted by Crippen LogP contribution is -2.36. The van der Waals surface area contributed by atoms with Crippen LogP contribution in [0.25, 0.3) is 0 Å². The zero-order valence-corrected chi connectivity index (χ0v) is 9.33. The van der Waals surface area contributed by atoms with Crippen LogP contribution in [-0.4, -0.2) is 32.1 Å². The first-order valence-electron chi connectivity index (χ1n) is 5.35. The van der Waals surface area contributed by atoms with Crippen LogP contribution in [0.5, 0.6) is 0 Å². The topological polar surface area (TPSA) is 43.4 Å². The first kappa shape index (κ1) is 9.16. The number of hydrogen-bond donors (Lipinski definition) is 0. The molecule has 3 fully saturated rings. The van der Waals surface area contributed by atoms with E-state index in [1.165, 1.54) is 0 Å². The number of sulfone groups is 1. The molecule has 3 nitrogen and oxygen atoms in total. The predicted molar refractivity (Wildman–Crippen MR) is 52.6 cm³/mol. The van der Waals surface area contributed by atoms with Crippen molar-refractivity contribution < 1.29 is 13.2 Å². The van der Waals surface area contributed by atoms with Crippen molar-refractivity contribution in [2.24, 2.45) is 23.7 Å². The van der Waals surface area contributed by atoms with Gasteiger partial charge in [0.2, 0.25) is 0 Å². The largest absolute Gasteiger partial charge is 0.374 e. The first-order valence-corrected chi connectivity index (χ1v) is 7.17. The molecule has 3 rings (SSSR count). The van der Waals surface area contributed by atoms with E-state index in [2.05, 4.69) is 13.8 Å². The molecule has 0 aromatic rings. The molecule has 0 aromatic heterocycles. The molecule has 4 heteroatoms. The third kappa shape index (κ3) is 0.986. The molecule has 2 bridgehead atoms. The van der Waals surface area contributed by atoms with Crippen LogP contribution in [-0.2, 0) is 14.6 Å². The highest BCUT2D eigenvalue weighted by atomic mass is 32.2. The van der Waals surface area contributed by atoms with E-state index in [-0.39, 0.29) is 12.2 Å². The van der Waals surface area contributed by atoms with Gasteiger partial charge in [-0.3, -0.25) is 0 Å². The second kappa shape index (κ2) is 2.53. The van der Waals surface area contributed by atoms with Crippen LogP contribution in [0.2, 0.25) is 0 Å². The van der Waals surface area contributed by atoms with Crippen molar-refractivity contribution in [2.45, 2.75) is 26.1 Å². The summed E-state index contributed by atoms with van der Waals surface area (Å²) in [5.41, 5.74) is 0. The van der Waals surface area contributed by atoms with Gasteiger partial charge in [0, 0.05) is 11.8 Å². The number of rotatable bonds is 0. The van der Waals surface area contributed by atoms with Crippen LogP contribution in [0.3, 0.4) is 0 Å². The zero-order valence-electron chi connectivity index (χ0n) is 8.51. The highest BCUT2D eigenvalue weighted by Crippen LogP contribution is 2.53. The van der Waals surface area contributed by atoms with Crippen molar-refractivity contribution in [3.63, 3.8) is 0 Å². The van der Waals surface area contributed by atoms with Gasteiger partial charge >= 0.3 is 0 Å². The molecule has 0 aliphatic carbocycles. The Morgan fingerprint density at radius 3 is 1.86 bits per heavy atom. The number of hydrogen-bond acceptors (Lipinski definition) is 3. The molecular weight excluding hydrogens is 200 g/mol. The third-order valence-corrected chi connectivity index (χ3v) is 6.25. The lowest BCUT2D eigenvalue weighted by molar-refractivity contribution is 0.0742. The molecule has 0 aromatic carbocycles. The SMILES string of the molecule is CC1C(C)C2OC1C1CS(=O)(=O)CC12. The second-order valence-electron chi connectivity index (χ2n) is 5.19. The van der Waals surface area contributed by atoms with E-state index in [1.54, 1.807) is 0 Å². The van der Waals surface area contributed by atoms with E-state index in [4.69, 9.17) is 4.74 Å². The minimum atomic E-state index is -2.76. The highest BCUT2D eigenvalue weighted by Gasteiger charge is 2.60. The maximum Gasteiger partial charge on any atom is 0.151 e. The Hall–Kier alpha value is -0.0900. The Bertz CT molecular complexity index is 334. The van der Waals surface area contributed by atoms with Gasteiger partial charge in [-0.05, 0) is 11.8 Å². The van der Waals surface area contributed by atoms with Gasteiger partial charge < -0.3 is 4.74 Å². The molecule has 0 saturated carbocycles. The van der Waals surface area contributed by atoms with E-state index >= 15 is 0 Å². The molecule has 3 aliphatic rings. The minimum Gasteiger partial charge on any atom is -0.374 e. The van der Waals surface area contributed by atoms with Crippen molar-refractivity contribution in [1.29, 1.82) is 0 Å². The van der Waals surface area contributed by atoms with Crippen molar-refractivity contribution in [1.82, 2.24) is 0 Å². The molecule has 14 heavy (non-hydrogen) atoms. The normalized spacial score (nSPS) is 59.0. The van der Waals surface area contributed by atoms with Gasteiger partial charge in [-0.2, -0.15) is 0 Å². The summed E-state index contributed by atoms with van der Waals surface area (Å²) >= 11 is 0. The average Bonchev–Trinajstić information content (AvgIpc) is 2.62. The fraction of sp³-hybridized carbons (Fsp3) is 1.00. The Morgan fingerprint density at radius 1 is 1.00 bits per heavy atom. The van der Waals surface area contributed by atoms with E-state index in [0.717, 1.165) is 0 Å². The monoisotopic (exact) mass is 216 g/mol. The summed E-state index contributed by atoms with van der Waals surface area (Å²) in [5.74, 6) is 2.42. The Balaban J connectivity index is 1.96. The van der Waals surface area contributed by atoms with Crippen molar-refractivity contribution in [3.05, 3.63) is 0 Å². The highest BCUT2D eigenvalue weighted by molar-refractivity contribution is 7.91. The molecule has 80 valence electrons. The fourth-order valence-corrected chi connectivity index (χ4v) is 5.77. The van der Waals surface area contributed by atoms with Gasteiger partial charge in [0.15, 0.2) is 9.84 Å². The molecular formula is C10H16O3S. The van der Waals surface area contributed by atoms with Crippen LogP contribution < -0.4 is 0 Å². The Morgan fingerprint density at radius 2 is 1.43 bits per heavy atom. The summed E-state index contributed by atoms with van der Waals surface area (Å²) in [4.78, 5) is 0. The van der Waals surface area contributed by atoms with Gasteiger partial charge in [-0.1, -0.05) is 13.8 Å². The second-order valence-corrected chi connectivity index (χ2v) is 7.34. The van der Waals surface area contributed by atoms with E-state index in [0.29, 0.717) is 35.2 Å². The lowest BCUT2D eigenvalue weighted by Gasteiger charge is -2.29. The average molecular weight is 216 g/mol. The van der Waals surface area contributed by atoms with Crippen molar-refractivity contribution in [3.8, 4) is 0 Å². The quantitative estimate of drug-likeness (QED) is 0.598. The van der Waals surface area contributed by atoms with Gasteiger partial charge in [0.25, 0.3) is 0 Å². The summed E-state index contributed by atoms with van der Waals surface area (Å²) in [7, 11) is -2.76. The summed E-state index contributed by atoms with van der Waals surface area (Å²) in [5, 5.41) is 0. The van der Waals surface area contributed by atoms with Crippen LogP contribution >= 0.6 is 0 Å². The lowest BCUT2D eigenvalue weighted by atomic mass is 9.71. The summed E-state index contributed by atoms with van der Waals surface area (Å²) in [6.45, 7) is 4.38. The van der Waals surface area contributed by atoms with Gasteiger partial charge in [-0.15, -0.1) is 0 Å². The van der Waals surface area contributed by atoms with E-state index < -0.39 is 9.84 Å². The van der Waals surface area contributed by atoms with Crippen LogP contribution in [0.4, 0.5) is 0 Å². The minimum absolute atomic E-state index is 0.220. The standard InChI is InChI=1S/C10H16O3S/c1-5-6(2)10-8-4-14(11,12)3-7(8)9(5)13-10/h5-10H,3-4H2,1-2H3. The summed E-state index contributed by atoms with van der Waals surface area (Å²) in [6.07, 6.45) is 0.439. The number of ether oxygens (including phenoxy) is 1. The Labute approximate surface area is 84.7 Å². The van der Waals surface area contributed by atoms with Gasteiger partial charge in [0.05, 0.1) is 23.7 Å². The first-order chi connectivity index (χ1) is 6.49. The maximum absolute atomic E-state index is 11.5. The van der Waals surface area contributed by atoms with Crippen LogP contribution in [0, 0.1) is 23.7 Å². The zero-order chi connectivity index (χ0) is 10.1. The Kier molecular flexibility index (Phi) is 1.65. The van der Waals surface area contributed by atoms with Crippen molar-refractivity contribution in [2.75, 3.05) is 11.5 Å². The van der Waals surface area contributed by atoms with E-state index in [1.807, 2.05) is 0 Å². The number of fused-ring (bicyclic) bond motifs is 5. The molecule has 3 saturated heterocycles. The molecule has 6 unspecified atom stereocenters. The smallest absolute Gasteiger partial charge is 0.151 e. The molecule has 3 aliphatic heterocycles. The van der Waals surface area contributed by atoms with Crippen LogP contribution in [0.1, 0.15) is 13.8 Å². The molecule has 0 N–H and O–H groups in total. The van der Waals surface area contributed by atoms with E-state index in [9.17, 15) is 8.42 Å².